The van der Waals surface area contributed by atoms with Gasteiger partial charge in [-0.25, -0.2) is 0 Å². The largest absolute Gasteiger partial charge is 0.481 e. The molecule has 0 radical (unpaired) electrons. The van der Waals surface area contributed by atoms with E-state index in [9.17, 15) is 9.59 Å². The zero-order chi connectivity index (χ0) is 18.2. The molecule has 2 N–H and O–H groups in total. The first-order valence-electron chi connectivity index (χ1n) is 7.38. The van der Waals surface area contributed by atoms with Gasteiger partial charge in [0.15, 0.2) is 0 Å². The van der Waals surface area contributed by atoms with Crippen molar-refractivity contribution in [3.05, 3.63) is 71.8 Å². The summed E-state index contributed by atoms with van der Waals surface area (Å²) in [6.45, 7) is 2.00. The summed E-state index contributed by atoms with van der Waals surface area (Å²) in [4.78, 5) is 28.3. The van der Waals surface area contributed by atoms with Crippen LogP contribution in [0.25, 0.3) is 0 Å². The third-order valence-corrected chi connectivity index (χ3v) is 2.94. The van der Waals surface area contributed by atoms with E-state index < -0.39 is 11.9 Å². The third-order valence-electron chi connectivity index (χ3n) is 2.94. The predicted molar refractivity (Wildman–Crippen MR) is 91.9 cm³/mol. The van der Waals surface area contributed by atoms with Crippen LogP contribution >= 0.6 is 0 Å². The van der Waals surface area contributed by atoms with Crippen LogP contribution in [0, 0.1) is 0 Å². The molecule has 0 aliphatic rings. The first-order chi connectivity index (χ1) is 11.6. The van der Waals surface area contributed by atoms with Gasteiger partial charge >= 0.3 is 11.9 Å². The van der Waals surface area contributed by atoms with Crippen LogP contribution in [0.3, 0.4) is 0 Å². The predicted octanol–water partition coefficient (Wildman–Crippen LogP) is 3.22. The monoisotopic (exact) mass is 330 g/mol. The molecule has 0 aromatic heterocycles. The highest BCUT2D eigenvalue weighted by Gasteiger charge is 1.97. The molecule has 2 aromatic rings. The number of rotatable bonds is 6. The second kappa shape index (κ2) is 13.7. The van der Waals surface area contributed by atoms with Crippen LogP contribution in [0.1, 0.15) is 24.0 Å². The van der Waals surface area contributed by atoms with E-state index in [1.54, 1.807) is 0 Å². The molecule has 0 saturated carbocycles. The van der Waals surface area contributed by atoms with E-state index in [0.717, 1.165) is 11.1 Å². The lowest BCUT2D eigenvalue weighted by Crippen LogP contribution is -1.96. The van der Waals surface area contributed by atoms with E-state index in [4.69, 9.17) is 15.0 Å². The molecule has 5 heteroatoms. The zero-order valence-corrected chi connectivity index (χ0v) is 13.4. The zero-order valence-electron chi connectivity index (χ0n) is 13.4. The second-order valence-electron chi connectivity index (χ2n) is 4.76. The summed E-state index contributed by atoms with van der Waals surface area (Å²) in [6, 6.07) is 19.2. The summed E-state index contributed by atoms with van der Waals surface area (Å²) in [5.41, 5.74) is 2.16. The number of aryl methyl sites for hydroxylation is 2. The Morgan fingerprint density at radius 3 is 1.21 bits per heavy atom. The molecule has 0 atom stereocenters. The molecule has 0 saturated heterocycles. The van der Waals surface area contributed by atoms with E-state index in [1.165, 1.54) is 0 Å². The number of carbonyl (C=O) groups excluding carboxylic acids is 1. The Morgan fingerprint density at radius 1 is 0.667 bits per heavy atom. The van der Waals surface area contributed by atoms with Crippen molar-refractivity contribution in [3.63, 3.8) is 0 Å². The Kier molecular flexibility index (Phi) is 12.0. The van der Waals surface area contributed by atoms with E-state index in [2.05, 4.69) is 0 Å². The molecular weight excluding hydrogens is 308 g/mol. The molecule has 0 heterocycles. The molecule has 0 fully saturated rings. The van der Waals surface area contributed by atoms with Gasteiger partial charge in [-0.1, -0.05) is 60.7 Å². The van der Waals surface area contributed by atoms with Crippen LogP contribution in [0.15, 0.2) is 60.7 Å². The van der Waals surface area contributed by atoms with Gasteiger partial charge in [0.25, 0.3) is 0 Å². The van der Waals surface area contributed by atoms with Gasteiger partial charge in [0.2, 0.25) is 0 Å². The van der Waals surface area contributed by atoms with Gasteiger partial charge in [0.1, 0.15) is 6.79 Å². The van der Waals surface area contributed by atoms with Crippen LogP contribution in [0.4, 0.5) is 0 Å². The normalized spacial score (nSPS) is 8.83. The average Bonchev–Trinajstić information content (AvgIpc) is 2.62. The fraction of sp³-hybridized carbons (Fsp3) is 0.211. The standard InChI is InChI=1S/2C9H10O2.CH2O/c2*10-9(11)7-6-8-4-2-1-3-5-8;1-2/h2*1-5H,6-7H2,(H,10,11);1H2. The lowest BCUT2D eigenvalue weighted by molar-refractivity contribution is -0.138. The van der Waals surface area contributed by atoms with Crippen molar-refractivity contribution in [2.75, 3.05) is 0 Å². The molecule has 2 rings (SSSR count). The third kappa shape index (κ3) is 11.7. The van der Waals surface area contributed by atoms with Crippen LogP contribution in [0.2, 0.25) is 0 Å². The van der Waals surface area contributed by atoms with E-state index >= 15 is 0 Å². The molecule has 0 aliphatic carbocycles. The van der Waals surface area contributed by atoms with Gasteiger partial charge in [0, 0.05) is 12.8 Å². The molecule has 128 valence electrons. The van der Waals surface area contributed by atoms with Crippen molar-refractivity contribution in [1.82, 2.24) is 0 Å². The quantitative estimate of drug-likeness (QED) is 0.848. The first kappa shape index (κ1) is 21.0. The molecule has 0 bridgehead atoms. The molecule has 24 heavy (non-hydrogen) atoms. The number of hydrogen-bond acceptors (Lipinski definition) is 3. The second-order valence-corrected chi connectivity index (χ2v) is 4.76. The number of carbonyl (C=O) groups is 3. The maximum Gasteiger partial charge on any atom is 0.303 e. The van der Waals surface area contributed by atoms with Crippen molar-refractivity contribution < 1.29 is 24.6 Å². The fourth-order valence-electron chi connectivity index (χ4n) is 1.79. The molecule has 0 amide bonds. The summed E-state index contributed by atoms with van der Waals surface area (Å²) in [6.07, 6.45) is 1.67. The van der Waals surface area contributed by atoms with Gasteiger partial charge in [0.05, 0.1) is 0 Å². The van der Waals surface area contributed by atoms with Crippen molar-refractivity contribution in [2.45, 2.75) is 25.7 Å². The van der Waals surface area contributed by atoms with E-state index in [-0.39, 0.29) is 12.8 Å². The topological polar surface area (TPSA) is 91.7 Å². The molecule has 2 aromatic carbocycles. The minimum absolute atomic E-state index is 0.212. The highest BCUT2D eigenvalue weighted by Crippen LogP contribution is 2.02. The maximum atomic E-state index is 10.2. The Morgan fingerprint density at radius 2 is 0.958 bits per heavy atom. The Hall–Kier alpha value is -2.95. The van der Waals surface area contributed by atoms with Gasteiger partial charge in [-0.3, -0.25) is 9.59 Å². The van der Waals surface area contributed by atoms with E-state index in [1.807, 2.05) is 67.5 Å². The van der Waals surface area contributed by atoms with Crippen LogP contribution in [0.5, 0.6) is 0 Å². The molecule has 0 aliphatic heterocycles. The number of hydrogen-bond donors (Lipinski definition) is 2. The number of aliphatic carboxylic acids is 2. The maximum absolute atomic E-state index is 10.2. The number of carboxylic acid groups (broad SMARTS) is 2. The SMILES string of the molecule is C=O.O=C(O)CCc1ccccc1.O=C(O)CCc1ccccc1. The summed E-state index contributed by atoms with van der Waals surface area (Å²) >= 11 is 0. The molecular formula is C19H22O5. The van der Waals surface area contributed by atoms with Gasteiger partial charge in [-0.15, -0.1) is 0 Å². The summed E-state index contributed by atoms with van der Waals surface area (Å²) in [7, 11) is 0. The van der Waals surface area contributed by atoms with Crippen LogP contribution < -0.4 is 0 Å². The Bertz CT molecular complexity index is 528. The van der Waals surface area contributed by atoms with Crippen LogP contribution in [-0.2, 0) is 27.2 Å². The Labute approximate surface area is 141 Å². The highest BCUT2D eigenvalue weighted by molar-refractivity contribution is 5.67. The van der Waals surface area contributed by atoms with Crippen LogP contribution in [-0.4, -0.2) is 28.9 Å². The van der Waals surface area contributed by atoms with Crippen molar-refractivity contribution >= 4 is 18.7 Å². The fourth-order valence-corrected chi connectivity index (χ4v) is 1.79. The summed E-state index contributed by atoms with van der Waals surface area (Å²) in [5.74, 6) is -1.48. The van der Waals surface area contributed by atoms with Crippen molar-refractivity contribution in [3.8, 4) is 0 Å². The summed E-state index contributed by atoms with van der Waals surface area (Å²) in [5, 5.41) is 16.7. The molecule has 0 spiro atoms. The smallest absolute Gasteiger partial charge is 0.303 e. The van der Waals surface area contributed by atoms with Crippen molar-refractivity contribution in [1.29, 1.82) is 0 Å². The number of benzene rings is 2. The number of carboxylic acids is 2. The summed E-state index contributed by atoms with van der Waals surface area (Å²) < 4.78 is 0. The van der Waals surface area contributed by atoms with Gasteiger partial charge in [-0.2, -0.15) is 0 Å². The first-order valence-corrected chi connectivity index (χ1v) is 7.38. The Balaban J connectivity index is 0.000000400. The lowest BCUT2D eigenvalue weighted by atomic mass is 10.1. The minimum atomic E-state index is -0.742. The van der Waals surface area contributed by atoms with Gasteiger partial charge in [-0.05, 0) is 24.0 Å². The van der Waals surface area contributed by atoms with E-state index in [0.29, 0.717) is 12.8 Å². The van der Waals surface area contributed by atoms with Gasteiger partial charge < -0.3 is 15.0 Å². The molecule has 5 nitrogen and oxygen atoms in total. The highest BCUT2D eigenvalue weighted by atomic mass is 16.4. The van der Waals surface area contributed by atoms with Crippen molar-refractivity contribution in [2.24, 2.45) is 0 Å². The molecule has 0 unspecified atom stereocenters. The lowest BCUT2D eigenvalue weighted by Gasteiger charge is -1.95. The minimum Gasteiger partial charge on any atom is -0.481 e. The average molecular weight is 330 g/mol.